The number of halogens is 2. The average Bonchev–Trinajstić information content (AvgIpc) is 3.19. The summed E-state index contributed by atoms with van der Waals surface area (Å²) in [5.74, 6) is -0.344. The smallest absolute Gasteiger partial charge is 0.234 e. The number of oxazole rings is 1. The lowest BCUT2D eigenvalue weighted by molar-refractivity contribution is 0.576. The molecule has 4 rings (SSSR count). The first-order valence-corrected chi connectivity index (χ1v) is 11.1. The van der Waals surface area contributed by atoms with Gasteiger partial charge in [0.15, 0.2) is 0 Å². The second-order valence-electron chi connectivity index (χ2n) is 6.33. The Kier molecular flexibility index (Phi) is 5.65. The van der Waals surface area contributed by atoms with Gasteiger partial charge < -0.3 is 9.73 Å². The lowest BCUT2D eigenvalue weighted by Crippen LogP contribution is -2.07. The van der Waals surface area contributed by atoms with Crippen molar-refractivity contribution in [2.24, 2.45) is 0 Å². The second-order valence-corrected chi connectivity index (χ2v) is 9.11. The van der Waals surface area contributed by atoms with Gasteiger partial charge in [-0.1, -0.05) is 22.0 Å². The predicted octanol–water partition coefficient (Wildman–Crippen LogP) is 5.08. The molecule has 0 saturated heterocycles. The summed E-state index contributed by atoms with van der Waals surface area (Å²) >= 11 is 3.30. The predicted molar refractivity (Wildman–Crippen MR) is 113 cm³/mol. The van der Waals surface area contributed by atoms with Gasteiger partial charge in [-0.3, -0.25) is 4.98 Å². The molecule has 2 aromatic heterocycles. The van der Waals surface area contributed by atoms with Crippen molar-refractivity contribution in [1.29, 1.82) is 0 Å². The minimum absolute atomic E-state index is 0.00102. The number of aromatic nitrogens is 2. The van der Waals surface area contributed by atoms with Gasteiger partial charge in [0.1, 0.15) is 5.82 Å². The molecular formula is C21H15BrFN3O3S. The van der Waals surface area contributed by atoms with Crippen LogP contribution in [0.1, 0.15) is 5.56 Å². The molecule has 0 bridgehead atoms. The van der Waals surface area contributed by atoms with E-state index in [1.54, 1.807) is 30.6 Å². The molecule has 0 saturated carbocycles. The number of anilines is 1. The first-order chi connectivity index (χ1) is 14.4. The van der Waals surface area contributed by atoms with Crippen molar-refractivity contribution in [2.45, 2.75) is 16.5 Å². The molecule has 30 heavy (non-hydrogen) atoms. The van der Waals surface area contributed by atoms with Gasteiger partial charge >= 0.3 is 0 Å². The zero-order valence-electron chi connectivity index (χ0n) is 15.4. The van der Waals surface area contributed by atoms with Crippen LogP contribution in [-0.2, 0) is 16.4 Å². The van der Waals surface area contributed by atoms with Crippen molar-refractivity contribution in [3.8, 4) is 11.5 Å². The standard InChI is InChI=1S/C21H15BrFN3O3S/c22-16-5-9-18(10-6-16)30(27,28)21-20(25-13-14-2-1-11-24-12-14)29-19(26-21)15-3-7-17(23)8-4-15/h1-12,25H,13H2. The molecule has 0 amide bonds. The number of rotatable bonds is 6. The Morgan fingerprint density at radius 1 is 1.03 bits per heavy atom. The molecule has 0 aliphatic heterocycles. The van der Waals surface area contributed by atoms with E-state index in [0.29, 0.717) is 5.56 Å². The summed E-state index contributed by atoms with van der Waals surface area (Å²) in [6.07, 6.45) is 3.31. The van der Waals surface area contributed by atoms with Gasteiger partial charge in [-0.15, -0.1) is 0 Å². The Bertz CT molecular complexity index is 1260. The molecule has 0 aliphatic rings. The van der Waals surface area contributed by atoms with Gasteiger partial charge in [-0.05, 0) is 60.2 Å². The molecule has 0 atom stereocenters. The summed E-state index contributed by atoms with van der Waals surface area (Å²) < 4.78 is 46.2. The lowest BCUT2D eigenvalue weighted by atomic mass is 10.2. The molecule has 4 aromatic rings. The van der Waals surface area contributed by atoms with Crippen molar-refractivity contribution in [1.82, 2.24) is 9.97 Å². The fourth-order valence-corrected chi connectivity index (χ4v) is 4.27. The third kappa shape index (κ3) is 4.27. The number of pyridine rings is 1. The van der Waals surface area contributed by atoms with Crippen LogP contribution >= 0.6 is 15.9 Å². The Balaban J connectivity index is 1.76. The normalized spacial score (nSPS) is 11.4. The summed E-state index contributed by atoms with van der Waals surface area (Å²) in [4.78, 5) is 8.34. The molecule has 9 heteroatoms. The molecule has 0 spiro atoms. The number of hydrogen-bond donors (Lipinski definition) is 1. The molecule has 2 aromatic carbocycles. The molecular weight excluding hydrogens is 473 g/mol. The highest BCUT2D eigenvalue weighted by Crippen LogP contribution is 2.33. The van der Waals surface area contributed by atoms with Gasteiger partial charge in [-0.25, -0.2) is 12.8 Å². The SMILES string of the molecule is O=S(=O)(c1ccc(Br)cc1)c1nc(-c2ccc(F)cc2)oc1NCc1cccnc1. The van der Waals surface area contributed by atoms with Crippen LogP contribution in [-0.4, -0.2) is 18.4 Å². The van der Waals surface area contributed by atoms with E-state index in [1.807, 2.05) is 6.07 Å². The van der Waals surface area contributed by atoms with E-state index >= 15 is 0 Å². The molecule has 0 radical (unpaired) electrons. The van der Waals surface area contributed by atoms with E-state index in [2.05, 4.69) is 31.2 Å². The van der Waals surface area contributed by atoms with E-state index < -0.39 is 15.7 Å². The molecule has 0 unspecified atom stereocenters. The molecule has 1 N–H and O–H groups in total. The summed E-state index contributed by atoms with van der Waals surface area (Å²) in [5.41, 5.74) is 1.29. The molecule has 152 valence electrons. The fourth-order valence-electron chi connectivity index (χ4n) is 2.73. The quantitative estimate of drug-likeness (QED) is 0.408. The summed E-state index contributed by atoms with van der Waals surface area (Å²) in [6, 6.07) is 15.3. The second kappa shape index (κ2) is 8.37. The summed E-state index contributed by atoms with van der Waals surface area (Å²) in [6.45, 7) is 0.286. The molecule has 6 nitrogen and oxygen atoms in total. The van der Waals surface area contributed by atoms with E-state index in [-0.39, 0.29) is 28.2 Å². The topological polar surface area (TPSA) is 85.1 Å². The van der Waals surface area contributed by atoms with Crippen molar-refractivity contribution < 1.29 is 17.2 Å². The minimum Gasteiger partial charge on any atom is -0.419 e. The van der Waals surface area contributed by atoms with E-state index in [0.717, 1.165) is 10.0 Å². The highest BCUT2D eigenvalue weighted by Gasteiger charge is 2.28. The van der Waals surface area contributed by atoms with E-state index in [4.69, 9.17) is 4.42 Å². The van der Waals surface area contributed by atoms with Crippen molar-refractivity contribution in [2.75, 3.05) is 5.32 Å². The maximum Gasteiger partial charge on any atom is 0.234 e. The van der Waals surface area contributed by atoms with Crippen LogP contribution in [0.3, 0.4) is 0 Å². The Morgan fingerprint density at radius 3 is 2.43 bits per heavy atom. The highest BCUT2D eigenvalue weighted by molar-refractivity contribution is 9.10. The Labute approximate surface area is 180 Å². The largest absolute Gasteiger partial charge is 0.419 e. The van der Waals surface area contributed by atoms with Crippen LogP contribution in [0.4, 0.5) is 10.3 Å². The lowest BCUT2D eigenvalue weighted by Gasteiger charge is -2.06. The molecule has 0 fully saturated rings. The van der Waals surface area contributed by atoms with Gasteiger partial charge in [0.25, 0.3) is 0 Å². The maximum atomic E-state index is 13.3. The number of nitrogens with zero attached hydrogens (tertiary/aromatic N) is 2. The number of nitrogens with one attached hydrogen (secondary N) is 1. The van der Waals surface area contributed by atoms with Crippen LogP contribution in [0.25, 0.3) is 11.5 Å². The Hall–Kier alpha value is -3.04. The number of benzene rings is 2. The van der Waals surface area contributed by atoms with Crippen LogP contribution < -0.4 is 5.32 Å². The monoisotopic (exact) mass is 487 g/mol. The van der Waals surface area contributed by atoms with Gasteiger partial charge in [-0.2, -0.15) is 4.98 Å². The van der Waals surface area contributed by atoms with E-state index in [9.17, 15) is 12.8 Å². The average molecular weight is 488 g/mol. The molecule has 0 aliphatic carbocycles. The van der Waals surface area contributed by atoms with Gasteiger partial charge in [0.05, 0.1) is 4.90 Å². The zero-order chi connectivity index (χ0) is 21.1. The van der Waals surface area contributed by atoms with Crippen LogP contribution in [0.2, 0.25) is 0 Å². The third-order valence-corrected chi connectivity index (χ3v) is 6.45. The van der Waals surface area contributed by atoms with Crippen LogP contribution in [0.15, 0.2) is 91.9 Å². The number of hydrogen-bond acceptors (Lipinski definition) is 6. The third-order valence-electron chi connectivity index (χ3n) is 4.24. The number of sulfone groups is 1. The van der Waals surface area contributed by atoms with Crippen molar-refractivity contribution in [3.63, 3.8) is 0 Å². The molecule has 2 heterocycles. The first-order valence-electron chi connectivity index (χ1n) is 8.84. The van der Waals surface area contributed by atoms with Crippen LogP contribution in [0, 0.1) is 5.82 Å². The Morgan fingerprint density at radius 2 is 1.77 bits per heavy atom. The van der Waals surface area contributed by atoms with Crippen molar-refractivity contribution >= 4 is 31.7 Å². The van der Waals surface area contributed by atoms with E-state index in [1.165, 1.54) is 36.4 Å². The summed E-state index contributed by atoms with van der Waals surface area (Å²) in [7, 11) is -3.96. The fraction of sp³-hybridized carbons (Fsp3) is 0.0476. The first kappa shape index (κ1) is 20.2. The van der Waals surface area contributed by atoms with Crippen molar-refractivity contribution in [3.05, 3.63) is 88.9 Å². The maximum absolute atomic E-state index is 13.3. The van der Waals surface area contributed by atoms with Gasteiger partial charge in [0, 0.05) is 29.0 Å². The zero-order valence-corrected chi connectivity index (χ0v) is 17.8. The van der Waals surface area contributed by atoms with Gasteiger partial charge in [0.2, 0.25) is 26.6 Å². The van der Waals surface area contributed by atoms with Crippen LogP contribution in [0.5, 0.6) is 0 Å². The summed E-state index contributed by atoms with van der Waals surface area (Å²) in [5, 5.41) is 2.74. The highest BCUT2D eigenvalue weighted by atomic mass is 79.9. The minimum atomic E-state index is -3.96.